The van der Waals surface area contributed by atoms with E-state index in [1.807, 2.05) is 0 Å². The second kappa shape index (κ2) is 10.4. The number of methoxy groups -OCH3 is 1. The molecule has 0 unspecified atom stereocenters. The SMILES string of the molecule is COC(=O)[C@@H](O)[C@@H](O)[C@H](O)[C@@H](O)C(=O)NCCNCC[NH]. The van der Waals surface area contributed by atoms with Crippen molar-refractivity contribution in [3.8, 4) is 0 Å². The van der Waals surface area contributed by atoms with Gasteiger partial charge in [0.15, 0.2) is 12.2 Å². The van der Waals surface area contributed by atoms with Crippen molar-refractivity contribution < 1.29 is 34.8 Å². The first kappa shape index (κ1) is 19.7. The number of aliphatic hydroxyl groups is 4. The highest BCUT2D eigenvalue weighted by atomic mass is 16.5. The van der Waals surface area contributed by atoms with E-state index in [9.17, 15) is 30.0 Å². The van der Waals surface area contributed by atoms with Gasteiger partial charge in [-0.2, -0.15) is 0 Å². The van der Waals surface area contributed by atoms with Gasteiger partial charge in [0.05, 0.1) is 7.11 Å². The van der Waals surface area contributed by atoms with Crippen molar-refractivity contribution in [2.24, 2.45) is 0 Å². The molecular formula is C11H22N3O7. The van der Waals surface area contributed by atoms with Gasteiger partial charge in [-0.05, 0) is 0 Å². The number of nitrogens with one attached hydrogen (secondary N) is 3. The number of esters is 1. The minimum atomic E-state index is -2.08. The first-order valence-electron chi connectivity index (χ1n) is 6.29. The van der Waals surface area contributed by atoms with Crippen LogP contribution in [-0.2, 0) is 14.3 Å². The molecule has 123 valence electrons. The Morgan fingerprint density at radius 1 is 1.05 bits per heavy atom. The average Bonchev–Trinajstić information content (AvgIpc) is 2.50. The van der Waals surface area contributed by atoms with Crippen molar-refractivity contribution in [1.82, 2.24) is 16.4 Å². The number of amides is 1. The second-order valence-corrected chi connectivity index (χ2v) is 4.19. The molecule has 0 aromatic carbocycles. The van der Waals surface area contributed by atoms with E-state index >= 15 is 0 Å². The monoisotopic (exact) mass is 308 g/mol. The van der Waals surface area contributed by atoms with Crippen LogP contribution in [-0.4, -0.2) is 90.0 Å². The van der Waals surface area contributed by atoms with Crippen molar-refractivity contribution in [2.45, 2.75) is 24.4 Å². The molecule has 0 bridgehead atoms. The summed E-state index contributed by atoms with van der Waals surface area (Å²) in [5.74, 6) is -2.17. The van der Waals surface area contributed by atoms with Crippen LogP contribution in [0.5, 0.6) is 0 Å². The molecule has 7 N–H and O–H groups in total. The second-order valence-electron chi connectivity index (χ2n) is 4.19. The van der Waals surface area contributed by atoms with Gasteiger partial charge in [-0.3, -0.25) is 10.5 Å². The minimum absolute atomic E-state index is 0.137. The van der Waals surface area contributed by atoms with E-state index in [1.165, 1.54) is 0 Å². The maximum Gasteiger partial charge on any atom is 0.337 e. The van der Waals surface area contributed by atoms with Gasteiger partial charge in [0.1, 0.15) is 12.2 Å². The summed E-state index contributed by atoms with van der Waals surface area (Å²) < 4.78 is 4.16. The molecule has 0 fully saturated rings. The lowest BCUT2D eigenvalue weighted by molar-refractivity contribution is -0.169. The summed E-state index contributed by atoms with van der Waals surface area (Å²) in [6.07, 6.45) is -8.22. The number of hydrogen-bond donors (Lipinski definition) is 6. The van der Waals surface area contributed by atoms with Crippen LogP contribution in [0.2, 0.25) is 0 Å². The molecular weight excluding hydrogens is 286 g/mol. The highest BCUT2D eigenvalue weighted by Crippen LogP contribution is 2.06. The Morgan fingerprint density at radius 3 is 2.14 bits per heavy atom. The van der Waals surface area contributed by atoms with Crippen molar-refractivity contribution in [1.29, 1.82) is 0 Å². The average molecular weight is 308 g/mol. The van der Waals surface area contributed by atoms with Crippen LogP contribution in [0.3, 0.4) is 0 Å². The van der Waals surface area contributed by atoms with E-state index in [0.717, 1.165) is 7.11 Å². The third kappa shape index (κ3) is 6.80. The van der Waals surface area contributed by atoms with Crippen LogP contribution in [0.25, 0.3) is 0 Å². The Hall–Kier alpha value is -1.30. The zero-order valence-electron chi connectivity index (χ0n) is 11.7. The summed E-state index contributed by atoms with van der Waals surface area (Å²) in [6.45, 7) is 1.14. The van der Waals surface area contributed by atoms with Gasteiger partial charge >= 0.3 is 5.97 Å². The fraction of sp³-hybridized carbons (Fsp3) is 0.818. The molecule has 0 aliphatic carbocycles. The molecule has 0 aliphatic rings. The predicted molar refractivity (Wildman–Crippen MR) is 69.9 cm³/mol. The number of hydrogen-bond acceptors (Lipinski definition) is 8. The summed E-state index contributed by atoms with van der Waals surface area (Å²) in [5.41, 5.74) is 6.87. The molecule has 10 nitrogen and oxygen atoms in total. The molecule has 1 radical (unpaired) electrons. The lowest BCUT2D eigenvalue weighted by Crippen LogP contribution is -2.53. The summed E-state index contributed by atoms with van der Waals surface area (Å²) in [6, 6.07) is 0. The molecule has 21 heavy (non-hydrogen) atoms. The quantitative estimate of drug-likeness (QED) is 0.173. The first-order valence-corrected chi connectivity index (χ1v) is 6.29. The minimum Gasteiger partial charge on any atom is -0.467 e. The zero-order valence-corrected chi connectivity index (χ0v) is 11.7. The van der Waals surface area contributed by atoms with Gasteiger partial charge in [0.25, 0.3) is 5.91 Å². The molecule has 0 heterocycles. The van der Waals surface area contributed by atoms with Gasteiger partial charge in [-0.1, -0.05) is 0 Å². The number of aliphatic hydroxyl groups excluding tert-OH is 4. The fourth-order valence-corrected chi connectivity index (χ4v) is 1.38. The van der Waals surface area contributed by atoms with E-state index < -0.39 is 36.3 Å². The zero-order chi connectivity index (χ0) is 16.4. The van der Waals surface area contributed by atoms with Crippen LogP contribution in [0, 0.1) is 0 Å². The lowest BCUT2D eigenvalue weighted by Gasteiger charge is -2.24. The topological polar surface area (TPSA) is 172 Å². The van der Waals surface area contributed by atoms with Crippen LogP contribution >= 0.6 is 0 Å². The van der Waals surface area contributed by atoms with E-state index in [0.29, 0.717) is 13.1 Å². The molecule has 0 aromatic heterocycles. The van der Waals surface area contributed by atoms with E-state index in [1.54, 1.807) is 0 Å². The Labute approximate surface area is 121 Å². The van der Waals surface area contributed by atoms with Crippen LogP contribution in [0.15, 0.2) is 0 Å². The number of ether oxygens (including phenoxy) is 1. The summed E-state index contributed by atoms with van der Waals surface area (Å²) in [5, 5.41) is 43.0. The highest BCUT2D eigenvalue weighted by molar-refractivity contribution is 5.81. The number of carbonyl (C=O) groups is 2. The maximum atomic E-state index is 11.5. The third-order valence-corrected chi connectivity index (χ3v) is 2.61. The van der Waals surface area contributed by atoms with Crippen molar-refractivity contribution in [3.05, 3.63) is 0 Å². The molecule has 1 amide bonds. The van der Waals surface area contributed by atoms with Gasteiger partial charge in [0, 0.05) is 26.2 Å². The van der Waals surface area contributed by atoms with E-state index in [-0.39, 0.29) is 13.1 Å². The van der Waals surface area contributed by atoms with E-state index in [4.69, 9.17) is 5.73 Å². The number of rotatable bonds is 10. The van der Waals surface area contributed by atoms with E-state index in [2.05, 4.69) is 15.4 Å². The van der Waals surface area contributed by atoms with Crippen LogP contribution in [0.1, 0.15) is 0 Å². The molecule has 0 saturated heterocycles. The van der Waals surface area contributed by atoms with Gasteiger partial charge in [-0.25, -0.2) is 4.79 Å². The van der Waals surface area contributed by atoms with Gasteiger partial charge in [0.2, 0.25) is 0 Å². The Morgan fingerprint density at radius 2 is 1.62 bits per heavy atom. The van der Waals surface area contributed by atoms with Gasteiger partial charge in [-0.15, -0.1) is 0 Å². The summed E-state index contributed by atoms with van der Waals surface area (Å²) in [4.78, 5) is 22.5. The predicted octanol–water partition coefficient (Wildman–Crippen LogP) is -4.41. The van der Waals surface area contributed by atoms with Crippen LogP contribution < -0.4 is 16.4 Å². The van der Waals surface area contributed by atoms with Gasteiger partial charge < -0.3 is 35.8 Å². The van der Waals surface area contributed by atoms with Crippen molar-refractivity contribution >= 4 is 11.9 Å². The Balaban J connectivity index is 4.25. The van der Waals surface area contributed by atoms with Crippen LogP contribution in [0.4, 0.5) is 0 Å². The number of carbonyl (C=O) groups excluding carboxylic acids is 2. The molecule has 10 heteroatoms. The fourth-order valence-electron chi connectivity index (χ4n) is 1.38. The standard InChI is InChI=1S/C11H22N3O7/c1-21-11(20)9(18)7(16)6(15)8(17)10(19)14-5-4-13-3-2-12/h6-9,12-13,15-18H,2-5H2,1H3,(H,14,19)/t6-,7-,8+,9-/m0/s1. The molecule has 0 aromatic rings. The largest absolute Gasteiger partial charge is 0.467 e. The Kier molecular flexibility index (Phi) is 9.78. The molecule has 0 spiro atoms. The molecule has 0 aliphatic heterocycles. The normalized spacial score (nSPS) is 16.7. The van der Waals surface area contributed by atoms with Crippen molar-refractivity contribution in [3.63, 3.8) is 0 Å². The molecule has 4 atom stereocenters. The highest BCUT2D eigenvalue weighted by Gasteiger charge is 2.37. The first-order chi connectivity index (χ1) is 9.86. The third-order valence-electron chi connectivity index (χ3n) is 2.61. The lowest BCUT2D eigenvalue weighted by atomic mass is 10.0. The maximum absolute atomic E-state index is 11.5. The smallest absolute Gasteiger partial charge is 0.337 e. The summed E-state index contributed by atoms with van der Waals surface area (Å²) >= 11 is 0. The molecule has 0 saturated carbocycles. The Bertz CT molecular complexity index is 329. The summed E-state index contributed by atoms with van der Waals surface area (Å²) in [7, 11) is 0.970. The van der Waals surface area contributed by atoms with Crippen molar-refractivity contribution in [2.75, 3.05) is 33.3 Å². The molecule has 0 rings (SSSR count).